The van der Waals surface area contributed by atoms with E-state index in [2.05, 4.69) is 4.90 Å². The summed E-state index contributed by atoms with van der Waals surface area (Å²) in [5.41, 5.74) is 5.78. The van der Waals surface area contributed by atoms with Crippen LogP contribution >= 0.6 is 0 Å². The Morgan fingerprint density at radius 3 is 2.18 bits per heavy atom. The summed E-state index contributed by atoms with van der Waals surface area (Å²) in [6, 6.07) is 0.471. The van der Waals surface area contributed by atoms with E-state index < -0.39 is 12.1 Å². The van der Waals surface area contributed by atoms with Crippen molar-refractivity contribution in [3.63, 3.8) is 0 Å². The lowest BCUT2D eigenvalue weighted by Crippen LogP contribution is -2.27. The highest BCUT2D eigenvalue weighted by Gasteiger charge is 2.38. The number of likely N-dealkylation sites (tertiary alicyclic amines) is 1. The minimum atomic E-state index is -5.08. The number of hydrogen-bond acceptors (Lipinski definition) is 3. The monoisotopic (exact) mass is 254 g/mol. The molecule has 0 aromatic carbocycles. The smallest absolute Gasteiger partial charge is 0.475 e. The van der Waals surface area contributed by atoms with Gasteiger partial charge < -0.3 is 15.7 Å². The number of carbonyl (C=O) groups is 1. The van der Waals surface area contributed by atoms with Gasteiger partial charge in [0.05, 0.1) is 0 Å². The third kappa shape index (κ3) is 5.88. The van der Waals surface area contributed by atoms with Gasteiger partial charge in [-0.05, 0) is 31.7 Å². The average molecular weight is 254 g/mol. The molecule has 7 heteroatoms. The minimum Gasteiger partial charge on any atom is -0.475 e. The molecule has 1 aliphatic heterocycles. The number of carboxylic acids is 1. The van der Waals surface area contributed by atoms with Crippen LogP contribution < -0.4 is 5.73 Å². The van der Waals surface area contributed by atoms with Crippen LogP contribution in [0.3, 0.4) is 0 Å². The molecule has 17 heavy (non-hydrogen) atoms. The van der Waals surface area contributed by atoms with E-state index in [1.807, 2.05) is 0 Å². The molecule has 0 bridgehead atoms. The Balaban J connectivity index is 0.000000185. The molecule has 0 spiro atoms. The quantitative estimate of drug-likeness (QED) is 0.773. The Hall–Kier alpha value is -0.820. The van der Waals surface area contributed by atoms with Gasteiger partial charge in [-0.15, -0.1) is 0 Å². The average Bonchev–Trinajstić information content (AvgIpc) is 2.89. The predicted octanol–water partition coefficient (Wildman–Crippen LogP) is 1.06. The summed E-state index contributed by atoms with van der Waals surface area (Å²) >= 11 is 0. The SMILES string of the molecule is NC1CCN(CC2CC2)C1.O=C(O)C(F)(F)F. The number of aliphatic carboxylic acids is 1. The summed E-state index contributed by atoms with van der Waals surface area (Å²) in [6.45, 7) is 3.72. The third-order valence-electron chi connectivity index (χ3n) is 2.76. The molecular formula is C10H17F3N2O2. The predicted molar refractivity (Wildman–Crippen MR) is 55.4 cm³/mol. The van der Waals surface area contributed by atoms with Crippen molar-refractivity contribution in [3.8, 4) is 0 Å². The van der Waals surface area contributed by atoms with Crippen molar-refractivity contribution < 1.29 is 23.1 Å². The second-order valence-electron chi connectivity index (χ2n) is 4.55. The van der Waals surface area contributed by atoms with Crippen molar-refractivity contribution in [1.29, 1.82) is 0 Å². The second-order valence-corrected chi connectivity index (χ2v) is 4.55. The molecule has 1 unspecified atom stereocenters. The summed E-state index contributed by atoms with van der Waals surface area (Å²) in [6.07, 6.45) is -0.940. The number of rotatable bonds is 2. The fourth-order valence-electron chi connectivity index (χ4n) is 1.69. The summed E-state index contributed by atoms with van der Waals surface area (Å²) in [4.78, 5) is 11.4. The first-order valence-electron chi connectivity index (χ1n) is 5.57. The Bertz CT molecular complexity index is 267. The van der Waals surface area contributed by atoms with Crippen LogP contribution in [0.1, 0.15) is 19.3 Å². The zero-order valence-corrected chi connectivity index (χ0v) is 9.41. The molecular weight excluding hydrogens is 237 g/mol. The number of halogens is 3. The van der Waals surface area contributed by atoms with Gasteiger partial charge in [-0.25, -0.2) is 4.79 Å². The number of nitrogens with two attached hydrogens (primary N) is 1. The molecule has 1 saturated carbocycles. The van der Waals surface area contributed by atoms with Crippen molar-refractivity contribution in [1.82, 2.24) is 4.90 Å². The van der Waals surface area contributed by atoms with Crippen molar-refractivity contribution >= 4 is 5.97 Å². The number of nitrogens with zero attached hydrogens (tertiary/aromatic N) is 1. The van der Waals surface area contributed by atoms with Gasteiger partial charge in [0.1, 0.15) is 0 Å². The Morgan fingerprint density at radius 1 is 1.35 bits per heavy atom. The fourth-order valence-corrected chi connectivity index (χ4v) is 1.69. The van der Waals surface area contributed by atoms with E-state index in [0.717, 1.165) is 12.5 Å². The first-order valence-corrected chi connectivity index (χ1v) is 5.57. The minimum absolute atomic E-state index is 0.471. The van der Waals surface area contributed by atoms with Crippen molar-refractivity contribution in [2.75, 3.05) is 19.6 Å². The molecule has 3 N–H and O–H groups in total. The van der Waals surface area contributed by atoms with Crippen LogP contribution in [-0.4, -0.2) is 47.8 Å². The second kappa shape index (κ2) is 5.68. The van der Waals surface area contributed by atoms with E-state index in [4.69, 9.17) is 15.6 Å². The van der Waals surface area contributed by atoms with Gasteiger partial charge in [0, 0.05) is 19.1 Å². The molecule has 1 aliphatic carbocycles. The molecule has 100 valence electrons. The van der Waals surface area contributed by atoms with E-state index in [1.165, 1.54) is 32.4 Å². The van der Waals surface area contributed by atoms with Gasteiger partial charge in [0.25, 0.3) is 0 Å². The van der Waals surface area contributed by atoms with Gasteiger partial charge >= 0.3 is 12.1 Å². The Kier molecular flexibility index (Phi) is 4.76. The Labute approximate surface area is 97.6 Å². The molecule has 0 aromatic rings. The van der Waals surface area contributed by atoms with Gasteiger partial charge in [0.15, 0.2) is 0 Å². The molecule has 0 aromatic heterocycles. The van der Waals surface area contributed by atoms with Crippen LogP contribution in [0.2, 0.25) is 0 Å². The van der Waals surface area contributed by atoms with Gasteiger partial charge in [-0.3, -0.25) is 0 Å². The standard InChI is InChI=1S/C8H16N2.C2HF3O2/c9-8-3-4-10(6-8)5-7-1-2-7;3-2(4,5)1(6)7/h7-8H,1-6,9H2;(H,6,7). The maximum absolute atomic E-state index is 10.6. The molecule has 2 aliphatic rings. The van der Waals surface area contributed by atoms with E-state index in [1.54, 1.807) is 0 Å². The molecule has 2 rings (SSSR count). The topological polar surface area (TPSA) is 66.6 Å². The first-order chi connectivity index (χ1) is 7.79. The van der Waals surface area contributed by atoms with Crippen molar-refractivity contribution in [3.05, 3.63) is 0 Å². The maximum atomic E-state index is 10.6. The summed E-state index contributed by atoms with van der Waals surface area (Å²) in [5, 5.41) is 7.12. The number of carboxylic acid groups (broad SMARTS) is 1. The highest BCUT2D eigenvalue weighted by atomic mass is 19.4. The van der Waals surface area contributed by atoms with Crippen LogP contribution in [0.5, 0.6) is 0 Å². The molecule has 1 saturated heterocycles. The molecule has 0 amide bonds. The largest absolute Gasteiger partial charge is 0.490 e. The molecule has 2 fully saturated rings. The third-order valence-corrected chi connectivity index (χ3v) is 2.76. The fraction of sp³-hybridized carbons (Fsp3) is 0.900. The van der Waals surface area contributed by atoms with Crippen LogP contribution in [-0.2, 0) is 4.79 Å². The highest BCUT2D eigenvalue weighted by molar-refractivity contribution is 5.73. The molecule has 4 nitrogen and oxygen atoms in total. The summed E-state index contributed by atoms with van der Waals surface area (Å²) in [5.74, 6) is -1.72. The lowest BCUT2D eigenvalue weighted by molar-refractivity contribution is -0.192. The van der Waals surface area contributed by atoms with Crippen LogP contribution in [0.4, 0.5) is 13.2 Å². The number of alkyl halides is 3. The van der Waals surface area contributed by atoms with Crippen molar-refractivity contribution in [2.45, 2.75) is 31.5 Å². The van der Waals surface area contributed by atoms with E-state index >= 15 is 0 Å². The zero-order valence-electron chi connectivity index (χ0n) is 9.41. The highest BCUT2D eigenvalue weighted by Crippen LogP contribution is 2.30. The lowest BCUT2D eigenvalue weighted by Gasteiger charge is -2.13. The van der Waals surface area contributed by atoms with E-state index in [9.17, 15) is 13.2 Å². The molecule has 1 atom stereocenters. The van der Waals surface area contributed by atoms with Crippen LogP contribution in [0.15, 0.2) is 0 Å². The number of hydrogen-bond donors (Lipinski definition) is 2. The van der Waals surface area contributed by atoms with Crippen molar-refractivity contribution in [2.24, 2.45) is 11.7 Å². The van der Waals surface area contributed by atoms with Crippen LogP contribution in [0.25, 0.3) is 0 Å². The lowest BCUT2D eigenvalue weighted by atomic mass is 10.3. The molecule has 1 heterocycles. The van der Waals surface area contributed by atoms with E-state index in [-0.39, 0.29) is 0 Å². The summed E-state index contributed by atoms with van der Waals surface area (Å²) < 4.78 is 31.7. The maximum Gasteiger partial charge on any atom is 0.490 e. The van der Waals surface area contributed by atoms with Crippen LogP contribution in [0, 0.1) is 5.92 Å². The first kappa shape index (κ1) is 14.2. The summed E-state index contributed by atoms with van der Waals surface area (Å²) in [7, 11) is 0. The van der Waals surface area contributed by atoms with E-state index in [0.29, 0.717) is 6.04 Å². The van der Waals surface area contributed by atoms with Gasteiger partial charge in [0.2, 0.25) is 0 Å². The molecule has 0 radical (unpaired) electrons. The van der Waals surface area contributed by atoms with Gasteiger partial charge in [-0.1, -0.05) is 0 Å². The normalized spacial score (nSPS) is 25.3. The Morgan fingerprint density at radius 2 is 1.88 bits per heavy atom. The zero-order chi connectivity index (χ0) is 13.1. The van der Waals surface area contributed by atoms with Gasteiger partial charge in [-0.2, -0.15) is 13.2 Å².